The fourth-order valence-electron chi connectivity index (χ4n) is 2.57. The smallest absolute Gasteiger partial charge is 0.305 e. The number of aliphatic carboxylic acids is 1. The topological polar surface area (TPSA) is 189 Å². The molecule has 1 aromatic heterocycles. The van der Waals surface area contributed by atoms with Gasteiger partial charge in [-0.2, -0.15) is 0 Å². The number of amides is 1. The van der Waals surface area contributed by atoms with Crippen molar-refractivity contribution in [3.05, 3.63) is 35.5 Å². The van der Waals surface area contributed by atoms with E-state index in [1.165, 1.54) is 23.4 Å². The van der Waals surface area contributed by atoms with Gasteiger partial charge in [0.25, 0.3) is 5.91 Å². The molecule has 34 heavy (non-hydrogen) atoms. The number of nitrogens with zero attached hydrogens (tertiary/aromatic N) is 2. The summed E-state index contributed by atoms with van der Waals surface area (Å²) in [6.07, 6.45) is 2.30. The fourth-order valence-corrected chi connectivity index (χ4v) is 2.77. The van der Waals surface area contributed by atoms with Crippen LogP contribution in [0.15, 0.2) is 29.0 Å². The van der Waals surface area contributed by atoms with E-state index in [1.54, 1.807) is 13.0 Å². The third-order valence-corrected chi connectivity index (χ3v) is 4.85. The van der Waals surface area contributed by atoms with Gasteiger partial charge < -0.3 is 45.0 Å². The van der Waals surface area contributed by atoms with E-state index in [0.717, 1.165) is 0 Å². The summed E-state index contributed by atoms with van der Waals surface area (Å²) in [5.41, 5.74) is 4.35. The summed E-state index contributed by atoms with van der Waals surface area (Å²) in [7, 11) is 0. The van der Waals surface area contributed by atoms with Crippen LogP contribution in [0.5, 0.6) is 11.5 Å². The van der Waals surface area contributed by atoms with Crippen molar-refractivity contribution in [1.29, 1.82) is 0 Å². The molecular formula is C21H30ClN3O9. The van der Waals surface area contributed by atoms with Crippen LogP contribution in [0.2, 0.25) is 5.02 Å². The molecule has 0 saturated carbocycles. The van der Waals surface area contributed by atoms with Crippen molar-refractivity contribution in [3.63, 3.8) is 0 Å². The molecule has 1 atom stereocenters. The number of ether oxygens (including phenoxy) is 2. The van der Waals surface area contributed by atoms with Gasteiger partial charge in [0.1, 0.15) is 17.8 Å². The van der Waals surface area contributed by atoms with Crippen molar-refractivity contribution in [2.45, 2.75) is 32.4 Å². The maximum Gasteiger partial charge on any atom is 0.305 e. The molecule has 190 valence electrons. The molecule has 0 spiro atoms. The Kier molecular flexibility index (Phi) is 11.2. The zero-order chi connectivity index (χ0) is 24.6. The first-order valence-corrected chi connectivity index (χ1v) is 10.2. The first-order chi connectivity index (χ1) is 15.6. The molecule has 0 saturated heterocycles. The largest absolute Gasteiger partial charge is 0.481 e. The molecule has 0 radical (unpaired) electrons. The maximum absolute atomic E-state index is 12.0. The van der Waals surface area contributed by atoms with Gasteiger partial charge in [0.15, 0.2) is 12.7 Å². The minimum atomic E-state index is -1.21. The van der Waals surface area contributed by atoms with E-state index in [1.807, 2.05) is 0 Å². The summed E-state index contributed by atoms with van der Waals surface area (Å²) in [5.74, 6) is -0.186. The van der Waals surface area contributed by atoms with Crippen LogP contribution in [0.3, 0.4) is 0 Å². The van der Waals surface area contributed by atoms with Crippen molar-refractivity contribution in [1.82, 2.24) is 4.98 Å². The molecule has 1 aromatic carbocycles. The predicted molar refractivity (Wildman–Crippen MR) is 122 cm³/mol. The average molecular weight is 504 g/mol. The number of carbonyl (C=O) groups excluding carboxylic acids is 1. The molecule has 1 amide bonds. The first kappa shape index (κ1) is 29.1. The van der Waals surface area contributed by atoms with Crippen LogP contribution in [-0.2, 0) is 9.59 Å². The van der Waals surface area contributed by atoms with Crippen LogP contribution in [0, 0.1) is 0 Å². The summed E-state index contributed by atoms with van der Waals surface area (Å²) in [6, 6.07) is 3.09. The number of halogens is 1. The van der Waals surface area contributed by atoms with Gasteiger partial charge in [-0.1, -0.05) is 19.0 Å². The average Bonchev–Trinajstić information content (AvgIpc) is 3.34. The number of benzene rings is 1. The number of carbonyl (C=O) groups is 2. The van der Waals surface area contributed by atoms with E-state index in [9.17, 15) is 9.59 Å². The van der Waals surface area contributed by atoms with Crippen molar-refractivity contribution in [2.75, 3.05) is 37.9 Å². The molecule has 6 N–H and O–H groups in total. The molecule has 0 unspecified atom stereocenters. The normalized spacial score (nSPS) is 13.6. The number of hydrogen-bond acceptors (Lipinski definition) is 10. The number of aromatic nitrogens is 1. The van der Waals surface area contributed by atoms with E-state index < -0.39 is 37.4 Å². The summed E-state index contributed by atoms with van der Waals surface area (Å²) in [5, 5.41) is 34.1. The van der Waals surface area contributed by atoms with Gasteiger partial charge in [0.05, 0.1) is 48.7 Å². The summed E-state index contributed by atoms with van der Waals surface area (Å²) in [4.78, 5) is 28.2. The Labute approximate surface area is 201 Å². The Morgan fingerprint density at radius 1 is 1.32 bits per heavy atom. The number of carboxylic acids is 1. The van der Waals surface area contributed by atoms with Crippen molar-refractivity contribution in [3.8, 4) is 11.5 Å². The number of anilines is 1. The van der Waals surface area contributed by atoms with E-state index in [4.69, 9.17) is 51.7 Å². The van der Waals surface area contributed by atoms with Gasteiger partial charge in [-0.15, -0.1) is 0 Å². The van der Waals surface area contributed by atoms with E-state index >= 15 is 0 Å². The van der Waals surface area contributed by atoms with Crippen LogP contribution in [0.1, 0.15) is 32.8 Å². The van der Waals surface area contributed by atoms with Crippen LogP contribution in [0.25, 0.3) is 0 Å². The Balaban J connectivity index is 0.000000556. The van der Waals surface area contributed by atoms with Gasteiger partial charge in [-0.3, -0.25) is 9.59 Å². The Bertz CT molecular complexity index is 928. The van der Waals surface area contributed by atoms with Crippen molar-refractivity contribution in [2.24, 2.45) is 5.73 Å². The molecule has 12 nitrogen and oxygen atoms in total. The zero-order valence-electron chi connectivity index (χ0n) is 17.8. The lowest BCUT2D eigenvalue weighted by molar-refractivity contribution is -0.136. The summed E-state index contributed by atoms with van der Waals surface area (Å²) < 4.78 is 16.4. The minimum absolute atomic E-state index is 0. The molecule has 3 rings (SSSR count). The predicted octanol–water partition coefficient (Wildman–Crippen LogP) is 0.965. The lowest BCUT2D eigenvalue weighted by atomic mass is 10.1. The monoisotopic (exact) mass is 503 g/mol. The molecule has 2 heterocycles. The number of nitrogens with two attached hydrogens (primary N) is 1. The maximum atomic E-state index is 12.0. The number of rotatable bonds is 9. The molecule has 0 bridgehead atoms. The number of fused-ring (bicyclic) bond motifs is 1. The Morgan fingerprint density at radius 2 is 1.97 bits per heavy atom. The van der Waals surface area contributed by atoms with Gasteiger partial charge in [0, 0.05) is 12.6 Å². The highest BCUT2D eigenvalue weighted by Crippen LogP contribution is 2.41. The quantitative estimate of drug-likeness (QED) is 0.327. The first-order valence-electron chi connectivity index (χ1n) is 9.80. The van der Waals surface area contributed by atoms with Gasteiger partial charge in [0.2, 0.25) is 5.89 Å². The van der Waals surface area contributed by atoms with Gasteiger partial charge >= 0.3 is 5.97 Å². The SMILES string of the molecule is C.C[C@@H](Oc1cc2c(cc1Cl)N(CCC(=O)O)C(=O)CO2)c1ncco1.NC(CO)(CO)CO. The van der Waals surface area contributed by atoms with E-state index in [0.29, 0.717) is 23.1 Å². The zero-order valence-corrected chi connectivity index (χ0v) is 18.6. The second kappa shape index (κ2) is 13.1. The van der Waals surface area contributed by atoms with E-state index in [-0.39, 0.29) is 37.9 Å². The fraction of sp³-hybridized carbons (Fsp3) is 0.476. The van der Waals surface area contributed by atoms with Crippen LogP contribution >= 0.6 is 11.6 Å². The van der Waals surface area contributed by atoms with E-state index in [2.05, 4.69) is 4.98 Å². The molecule has 1 aliphatic rings. The standard InChI is InChI=1S/C16H15ClN2O6.C4H11NO3.CH4/c1-9(16-18-3-5-23-16)25-12-7-13-11(6-10(12)17)19(4-2-15(21)22)14(20)8-24-13;5-4(1-6,2-7)3-8;/h3,5-7,9H,2,4,8H2,1H3,(H,21,22);6-8H,1-3,5H2;1H4/t9-;;/m1../s1. The number of oxazole rings is 1. The number of hydrogen-bond donors (Lipinski definition) is 5. The molecule has 2 aromatic rings. The highest BCUT2D eigenvalue weighted by molar-refractivity contribution is 6.32. The lowest BCUT2D eigenvalue weighted by Gasteiger charge is -2.29. The summed E-state index contributed by atoms with van der Waals surface area (Å²) in [6.45, 7) is 0.405. The third kappa shape index (κ3) is 7.57. The highest BCUT2D eigenvalue weighted by atomic mass is 35.5. The second-order valence-electron chi connectivity index (χ2n) is 7.20. The molecule has 0 aliphatic carbocycles. The second-order valence-corrected chi connectivity index (χ2v) is 7.60. The highest BCUT2D eigenvalue weighted by Gasteiger charge is 2.28. The minimum Gasteiger partial charge on any atom is -0.481 e. The van der Waals surface area contributed by atoms with Crippen LogP contribution in [-0.4, -0.2) is 75.8 Å². The van der Waals surface area contributed by atoms with Gasteiger partial charge in [-0.05, 0) is 13.0 Å². The van der Waals surface area contributed by atoms with Crippen LogP contribution in [0.4, 0.5) is 5.69 Å². The Hall–Kier alpha value is -2.90. The molecular weight excluding hydrogens is 474 g/mol. The molecule has 13 heteroatoms. The third-order valence-electron chi connectivity index (χ3n) is 4.55. The summed E-state index contributed by atoms with van der Waals surface area (Å²) >= 11 is 6.26. The Morgan fingerprint density at radius 3 is 2.47 bits per heavy atom. The molecule has 0 fully saturated rings. The molecule has 1 aliphatic heterocycles. The lowest BCUT2D eigenvalue weighted by Crippen LogP contribution is -2.50. The van der Waals surface area contributed by atoms with Crippen molar-refractivity contribution >= 4 is 29.2 Å². The number of aliphatic hydroxyl groups is 3. The van der Waals surface area contributed by atoms with Gasteiger partial charge in [-0.25, -0.2) is 4.98 Å². The number of aliphatic hydroxyl groups excluding tert-OH is 3. The number of carboxylic acid groups (broad SMARTS) is 1. The van der Waals surface area contributed by atoms with Crippen molar-refractivity contribution < 1.29 is 43.9 Å². The van der Waals surface area contributed by atoms with Crippen LogP contribution < -0.4 is 20.1 Å².